The van der Waals surface area contributed by atoms with Crippen LogP contribution in [-0.2, 0) is 10.0 Å². The zero-order chi connectivity index (χ0) is 19.6. The number of nitrogens with zero attached hydrogens (tertiary/aromatic N) is 3. The van der Waals surface area contributed by atoms with Gasteiger partial charge >= 0.3 is 0 Å². The van der Waals surface area contributed by atoms with Crippen LogP contribution in [0.3, 0.4) is 0 Å². The quantitative estimate of drug-likeness (QED) is 0.481. The van der Waals surface area contributed by atoms with Gasteiger partial charge in [-0.15, -0.1) is 10.2 Å². The van der Waals surface area contributed by atoms with Gasteiger partial charge in [-0.1, -0.05) is 22.9 Å². The lowest BCUT2D eigenvalue weighted by atomic mass is 10.4. The standard InChI is InChI=1S/C15H12ClF2IN4O2S2/c1-15(2-3-15)22-27(24,25)7-4-8(16)11-9(19)5-10(23(11)6-7)13-20-21-14(26-13)12(17)18/h4-6,12,22H,2-3H2,1H3. The fourth-order valence-electron chi connectivity index (χ4n) is 2.63. The smallest absolute Gasteiger partial charge is 0.291 e. The molecule has 0 aromatic carbocycles. The van der Waals surface area contributed by atoms with Crippen LogP contribution >= 0.6 is 45.5 Å². The second-order valence-electron chi connectivity index (χ2n) is 6.53. The predicted octanol–water partition coefficient (Wildman–Crippen LogP) is 4.48. The Hall–Kier alpha value is -0.890. The summed E-state index contributed by atoms with van der Waals surface area (Å²) >= 11 is 9.16. The Bertz CT molecular complexity index is 1160. The van der Waals surface area contributed by atoms with Gasteiger partial charge in [0.05, 0.1) is 16.2 Å². The van der Waals surface area contributed by atoms with Crippen molar-refractivity contribution in [1.82, 2.24) is 19.3 Å². The van der Waals surface area contributed by atoms with E-state index in [1.165, 1.54) is 12.3 Å². The first-order valence-electron chi connectivity index (χ1n) is 7.76. The largest absolute Gasteiger partial charge is 0.310 e. The Balaban J connectivity index is 1.87. The molecule has 1 aliphatic carbocycles. The molecule has 12 heteroatoms. The van der Waals surface area contributed by atoms with Crippen molar-refractivity contribution in [3.63, 3.8) is 0 Å². The van der Waals surface area contributed by atoms with Gasteiger partial charge in [0.2, 0.25) is 10.0 Å². The summed E-state index contributed by atoms with van der Waals surface area (Å²) in [5, 5.41) is 7.42. The van der Waals surface area contributed by atoms with Crippen LogP contribution in [0.25, 0.3) is 16.2 Å². The second-order valence-corrected chi connectivity index (χ2v) is 10.8. The molecule has 1 saturated carbocycles. The molecule has 3 heterocycles. The number of pyridine rings is 1. The molecule has 0 aliphatic heterocycles. The van der Waals surface area contributed by atoms with Crippen molar-refractivity contribution in [3.8, 4) is 10.7 Å². The SMILES string of the molecule is CC1(NS(=O)(=O)c2cc(Cl)c3c(I)cc(-c4nnc(C(F)F)s4)n3c2)CC1. The van der Waals surface area contributed by atoms with E-state index in [9.17, 15) is 17.2 Å². The molecule has 0 saturated heterocycles. The van der Waals surface area contributed by atoms with Crippen LogP contribution in [0.5, 0.6) is 0 Å². The molecule has 27 heavy (non-hydrogen) atoms. The topological polar surface area (TPSA) is 76.4 Å². The first-order chi connectivity index (χ1) is 12.6. The Labute approximate surface area is 176 Å². The minimum atomic E-state index is -3.78. The first kappa shape index (κ1) is 19.4. The molecule has 0 atom stereocenters. The average Bonchev–Trinajstić information content (AvgIpc) is 2.99. The molecule has 3 aromatic heterocycles. The highest BCUT2D eigenvalue weighted by atomic mass is 127. The molecule has 0 radical (unpaired) electrons. The Morgan fingerprint density at radius 1 is 1.37 bits per heavy atom. The van der Waals surface area contributed by atoms with Gasteiger partial charge in [0.1, 0.15) is 4.90 Å². The number of fused-ring (bicyclic) bond motifs is 1. The van der Waals surface area contributed by atoms with E-state index in [1.54, 1.807) is 10.5 Å². The number of hydrogen-bond donors (Lipinski definition) is 1. The van der Waals surface area contributed by atoms with Crippen LogP contribution in [0.2, 0.25) is 5.02 Å². The van der Waals surface area contributed by atoms with Crippen molar-refractivity contribution in [2.75, 3.05) is 0 Å². The molecule has 144 valence electrons. The molecular weight excluding hydrogens is 533 g/mol. The van der Waals surface area contributed by atoms with Crippen molar-refractivity contribution in [3.05, 3.63) is 31.9 Å². The van der Waals surface area contributed by atoms with Gasteiger partial charge in [-0.2, -0.15) is 0 Å². The molecule has 3 aromatic rings. The number of aromatic nitrogens is 3. The van der Waals surface area contributed by atoms with Gasteiger partial charge < -0.3 is 4.40 Å². The Kier molecular flexibility index (Phi) is 4.73. The molecule has 1 N–H and O–H groups in total. The number of nitrogens with one attached hydrogen (secondary N) is 1. The third kappa shape index (κ3) is 3.59. The number of alkyl halides is 2. The van der Waals surface area contributed by atoms with E-state index in [0.29, 0.717) is 11.2 Å². The molecular formula is C15H12ClF2IN4O2S2. The van der Waals surface area contributed by atoms with Crippen molar-refractivity contribution >= 4 is 61.1 Å². The summed E-state index contributed by atoms with van der Waals surface area (Å²) in [6.07, 6.45) is 0.257. The summed E-state index contributed by atoms with van der Waals surface area (Å²) in [5.41, 5.74) is 0.604. The van der Waals surface area contributed by atoms with Gasteiger partial charge in [-0.3, -0.25) is 0 Å². The molecule has 1 aliphatic rings. The Morgan fingerprint density at radius 3 is 2.67 bits per heavy atom. The number of hydrogen-bond acceptors (Lipinski definition) is 5. The highest BCUT2D eigenvalue weighted by molar-refractivity contribution is 14.1. The predicted molar refractivity (Wildman–Crippen MR) is 107 cm³/mol. The summed E-state index contributed by atoms with van der Waals surface area (Å²) in [6, 6.07) is 3.10. The van der Waals surface area contributed by atoms with E-state index >= 15 is 0 Å². The van der Waals surface area contributed by atoms with Gasteiger partial charge in [0.15, 0.2) is 10.0 Å². The normalized spacial score (nSPS) is 16.4. The lowest BCUT2D eigenvalue weighted by molar-refractivity contribution is 0.150. The summed E-state index contributed by atoms with van der Waals surface area (Å²) < 4.78 is 56.1. The lowest BCUT2D eigenvalue weighted by Crippen LogP contribution is -2.34. The van der Waals surface area contributed by atoms with Crippen LogP contribution in [0, 0.1) is 3.57 Å². The third-order valence-corrected chi connectivity index (χ3v) is 7.95. The molecule has 1 fully saturated rings. The van der Waals surface area contributed by atoms with Gasteiger partial charge in [-0.05, 0) is 54.5 Å². The highest BCUT2D eigenvalue weighted by Gasteiger charge is 2.41. The minimum absolute atomic E-state index is 0.0000247. The number of sulfonamides is 1. The number of halogens is 4. The van der Waals surface area contributed by atoms with Crippen molar-refractivity contribution < 1.29 is 17.2 Å². The number of rotatable bonds is 5. The van der Waals surface area contributed by atoms with Crippen LogP contribution < -0.4 is 4.72 Å². The molecule has 0 spiro atoms. The van der Waals surface area contributed by atoms with Gasteiger partial charge in [0, 0.05) is 15.3 Å². The van der Waals surface area contributed by atoms with Crippen molar-refractivity contribution in [1.29, 1.82) is 0 Å². The molecule has 0 bridgehead atoms. The van der Waals surface area contributed by atoms with Crippen LogP contribution in [0.4, 0.5) is 8.78 Å². The zero-order valence-corrected chi connectivity index (χ0v) is 18.3. The monoisotopic (exact) mass is 544 g/mol. The maximum atomic E-state index is 12.9. The molecule has 4 rings (SSSR count). The van der Waals surface area contributed by atoms with Crippen LogP contribution in [-0.4, -0.2) is 28.6 Å². The van der Waals surface area contributed by atoms with E-state index < -0.39 is 27.0 Å². The Morgan fingerprint density at radius 2 is 2.07 bits per heavy atom. The summed E-state index contributed by atoms with van der Waals surface area (Å²) in [7, 11) is -3.78. The minimum Gasteiger partial charge on any atom is -0.310 e. The van der Waals surface area contributed by atoms with E-state index in [4.69, 9.17) is 11.6 Å². The van der Waals surface area contributed by atoms with Gasteiger partial charge in [-0.25, -0.2) is 21.9 Å². The summed E-state index contributed by atoms with van der Waals surface area (Å²) in [4.78, 5) is -0.0000247. The van der Waals surface area contributed by atoms with E-state index in [1.807, 2.05) is 6.92 Å². The maximum absolute atomic E-state index is 12.9. The fraction of sp³-hybridized carbons (Fsp3) is 0.333. The van der Waals surface area contributed by atoms with E-state index in [0.717, 1.165) is 27.7 Å². The van der Waals surface area contributed by atoms with Crippen molar-refractivity contribution in [2.24, 2.45) is 0 Å². The lowest BCUT2D eigenvalue weighted by Gasteiger charge is -2.13. The third-order valence-electron chi connectivity index (χ3n) is 4.28. The highest BCUT2D eigenvalue weighted by Crippen LogP contribution is 2.38. The molecule has 6 nitrogen and oxygen atoms in total. The average molecular weight is 545 g/mol. The van der Waals surface area contributed by atoms with Crippen LogP contribution in [0.15, 0.2) is 23.2 Å². The van der Waals surface area contributed by atoms with Gasteiger partial charge in [0.25, 0.3) is 6.43 Å². The van der Waals surface area contributed by atoms with Crippen LogP contribution in [0.1, 0.15) is 31.2 Å². The molecule has 0 unspecified atom stereocenters. The van der Waals surface area contributed by atoms with E-state index in [-0.39, 0.29) is 14.9 Å². The fourth-order valence-corrected chi connectivity index (χ4v) is 6.21. The van der Waals surface area contributed by atoms with Crippen molar-refractivity contribution in [2.45, 2.75) is 36.6 Å². The summed E-state index contributed by atoms with van der Waals surface area (Å²) in [5.74, 6) is 0. The second kappa shape index (κ2) is 6.58. The van der Waals surface area contributed by atoms with E-state index in [2.05, 4.69) is 37.5 Å². The molecule has 0 amide bonds. The summed E-state index contributed by atoms with van der Waals surface area (Å²) in [6.45, 7) is 1.84. The first-order valence-corrected chi connectivity index (χ1v) is 11.5. The maximum Gasteiger partial charge on any atom is 0.291 e. The zero-order valence-electron chi connectivity index (χ0n) is 13.7.